The summed E-state index contributed by atoms with van der Waals surface area (Å²) in [6, 6.07) is 0. The standard InChI is InChI=1S/C31H48O4/c1-18-11-14-31(26(34)35-8)16-15-29(6)20(24(31)19(18)2)9-10-23-28(5)17-21(32)25(33)27(3,4)22(28)12-13-30(23,29)7/h9,18-19,21-24,32H,10-17H2,1-8H3/t18-,19+,21-,22?,23-,24+,28+,29-,30-,31+/m1/s1. The van der Waals surface area contributed by atoms with Gasteiger partial charge in [0, 0.05) is 5.41 Å². The zero-order valence-electron chi connectivity index (χ0n) is 23.4. The lowest BCUT2D eigenvalue weighted by molar-refractivity contribution is -0.202. The number of fused-ring (bicyclic) bond motifs is 7. The molecular weight excluding hydrogens is 436 g/mol. The predicted octanol–water partition coefficient (Wildman–Crippen LogP) is 6.36. The van der Waals surface area contributed by atoms with E-state index in [0.29, 0.717) is 30.1 Å². The van der Waals surface area contributed by atoms with Crippen LogP contribution in [0.25, 0.3) is 0 Å². The Morgan fingerprint density at radius 2 is 1.69 bits per heavy atom. The zero-order valence-corrected chi connectivity index (χ0v) is 23.4. The normalized spacial score (nSPS) is 52.8. The Balaban J connectivity index is 1.63. The van der Waals surface area contributed by atoms with Crippen molar-refractivity contribution in [3.8, 4) is 0 Å². The molecule has 5 rings (SSSR count). The van der Waals surface area contributed by atoms with Crippen LogP contribution in [0.3, 0.4) is 0 Å². The number of methoxy groups -OCH3 is 1. The van der Waals surface area contributed by atoms with Crippen molar-refractivity contribution in [1.29, 1.82) is 0 Å². The smallest absolute Gasteiger partial charge is 0.312 e. The summed E-state index contributed by atoms with van der Waals surface area (Å²) in [5.74, 6) is 2.06. The molecule has 0 heterocycles. The molecule has 0 saturated heterocycles. The van der Waals surface area contributed by atoms with Crippen LogP contribution in [0.5, 0.6) is 0 Å². The fourth-order valence-electron chi connectivity index (χ4n) is 11.0. The summed E-state index contributed by atoms with van der Waals surface area (Å²) in [4.78, 5) is 26.4. The quantitative estimate of drug-likeness (QED) is 0.348. The van der Waals surface area contributed by atoms with Crippen LogP contribution in [-0.4, -0.2) is 30.1 Å². The van der Waals surface area contributed by atoms with Crippen molar-refractivity contribution < 1.29 is 19.4 Å². The molecule has 10 atom stereocenters. The number of ether oxygens (including phenoxy) is 1. The monoisotopic (exact) mass is 484 g/mol. The Morgan fingerprint density at radius 1 is 1.00 bits per heavy atom. The first kappa shape index (κ1) is 25.5. The number of carbonyl (C=O) groups excluding carboxylic acids is 2. The lowest BCUT2D eigenvalue weighted by Crippen LogP contribution is -2.66. The third-order valence-corrected chi connectivity index (χ3v) is 13.3. The van der Waals surface area contributed by atoms with E-state index in [-0.39, 0.29) is 39.3 Å². The van der Waals surface area contributed by atoms with E-state index in [0.717, 1.165) is 44.9 Å². The highest BCUT2D eigenvalue weighted by Gasteiger charge is 2.70. The first-order valence-electron chi connectivity index (χ1n) is 14.2. The van der Waals surface area contributed by atoms with Crippen molar-refractivity contribution in [2.75, 3.05) is 7.11 Å². The molecule has 0 aliphatic heterocycles. The second-order valence-corrected chi connectivity index (χ2v) is 14.6. The molecule has 4 heteroatoms. The molecule has 4 fully saturated rings. The number of ketones is 1. The largest absolute Gasteiger partial charge is 0.469 e. The molecule has 35 heavy (non-hydrogen) atoms. The molecule has 4 nitrogen and oxygen atoms in total. The average Bonchev–Trinajstić information content (AvgIpc) is 2.79. The van der Waals surface area contributed by atoms with Gasteiger partial charge in [-0.2, -0.15) is 0 Å². The molecule has 0 aromatic carbocycles. The second-order valence-electron chi connectivity index (χ2n) is 14.6. The van der Waals surface area contributed by atoms with Gasteiger partial charge in [0.25, 0.3) is 0 Å². The van der Waals surface area contributed by atoms with Gasteiger partial charge >= 0.3 is 5.97 Å². The molecule has 0 aromatic rings. The van der Waals surface area contributed by atoms with Crippen molar-refractivity contribution >= 4 is 11.8 Å². The number of Topliss-reactive ketones (excluding diaryl/α,β-unsaturated/α-hetero) is 1. The summed E-state index contributed by atoms with van der Waals surface area (Å²) in [5, 5.41) is 10.9. The third kappa shape index (κ3) is 2.95. The summed E-state index contributed by atoms with van der Waals surface area (Å²) in [7, 11) is 1.57. The molecule has 0 aromatic heterocycles. The van der Waals surface area contributed by atoms with Crippen molar-refractivity contribution in [1.82, 2.24) is 0 Å². The lowest BCUT2D eigenvalue weighted by Gasteiger charge is -2.71. The maximum Gasteiger partial charge on any atom is 0.312 e. The highest BCUT2D eigenvalue weighted by atomic mass is 16.5. The van der Waals surface area contributed by atoms with Gasteiger partial charge in [-0.15, -0.1) is 0 Å². The second kappa shape index (κ2) is 7.68. The number of hydrogen-bond acceptors (Lipinski definition) is 4. The van der Waals surface area contributed by atoms with Gasteiger partial charge in [-0.1, -0.05) is 60.1 Å². The third-order valence-electron chi connectivity index (χ3n) is 13.3. The average molecular weight is 485 g/mol. The fraction of sp³-hybridized carbons (Fsp3) is 0.871. The van der Waals surface area contributed by atoms with Gasteiger partial charge in [-0.05, 0) is 97.2 Å². The van der Waals surface area contributed by atoms with Crippen molar-refractivity contribution in [2.45, 2.75) is 106 Å². The fourth-order valence-corrected chi connectivity index (χ4v) is 11.0. The van der Waals surface area contributed by atoms with Gasteiger partial charge in [0.15, 0.2) is 5.78 Å². The van der Waals surface area contributed by atoms with Crippen LogP contribution in [0.4, 0.5) is 0 Å². The molecule has 1 unspecified atom stereocenters. The topological polar surface area (TPSA) is 63.6 Å². The van der Waals surface area contributed by atoms with E-state index >= 15 is 0 Å². The Morgan fingerprint density at radius 3 is 2.34 bits per heavy atom. The van der Waals surface area contributed by atoms with Crippen molar-refractivity contribution in [3.63, 3.8) is 0 Å². The predicted molar refractivity (Wildman–Crippen MR) is 137 cm³/mol. The summed E-state index contributed by atoms with van der Waals surface area (Å²) < 4.78 is 5.48. The first-order chi connectivity index (χ1) is 16.2. The summed E-state index contributed by atoms with van der Waals surface area (Å²) in [6.07, 6.45) is 9.35. The Kier molecular flexibility index (Phi) is 5.59. The van der Waals surface area contributed by atoms with Gasteiger partial charge in [0.2, 0.25) is 0 Å². The molecule has 196 valence electrons. The highest BCUT2D eigenvalue weighted by molar-refractivity contribution is 5.89. The van der Waals surface area contributed by atoms with Gasteiger partial charge in [-0.3, -0.25) is 9.59 Å². The number of rotatable bonds is 1. The van der Waals surface area contributed by atoms with Gasteiger partial charge in [-0.25, -0.2) is 0 Å². The highest BCUT2D eigenvalue weighted by Crippen LogP contribution is 2.75. The van der Waals surface area contributed by atoms with E-state index in [1.165, 1.54) is 5.57 Å². The molecule has 0 bridgehead atoms. The van der Waals surface area contributed by atoms with Crippen molar-refractivity contribution in [3.05, 3.63) is 11.6 Å². The minimum absolute atomic E-state index is 0.00260. The number of carbonyl (C=O) groups is 2. The van der Waals surface area contributed by atoms with Gasteiger partial charge in [0.05, 0.1) is 12.5 Å². The van der Waals surface area contributed by atoms with Gasteiger partial charge in [0.1, 0.15) is 6.10 Å². The number of hydrogen-bond donors (Lipinski definition) is 1. The lowest BCUT2D eigenvalue weighted by atomic mass is 9.33. The molecule has 4 saturated carbocycles. The maximum atomic E-state index is 13.4. The van der Waals surface area contributed by atoms with E-state index in [1.807, 2.05) is 0 Å². The molecular formula is C31H48O4. The summed E-state index contributed by atoms with van der Waals surface area (Å²) >= 11 is 0. The van der Waals surface area contributed by atoms with E-state index < -0.39 is 11.5 Å². The van der Waals surface area contributed by atoms with Crippen LogP contribution in [0.2, 0.25) is 0 Å². The molecule has 0 radical (unpaired) electrons. The van der Waals surface area contributed by atoms with Crippen LogP contribution in [0.1, 0.15) is 99.8 Å². The van der Waals surface area contributed by atoms with Gasteiger partial charge < -0.3 is 9.84 Å². The van der Waals surface area contributed by atoms with E-state index in [2.05, 4.69) is 54.5 Å². The van der Waals surface area contributed by atoms with E-state index in [4.69, 9.17) is 4.74 Å². The van der Waals surface area contributed by atoms with Crippen LogP contribution in [-0.2, 0) is 14.3 Å². The first-order valence-corrected chi connectivity index (χ1v) is 14.2. The van der Waals surface area contributed by atoms with Crippen LogP contribution < -0.4 is 0 Å². The summed E-state index contributed by atoms with van der Waals surface area (Å²) in [6.45, 7) is 16.3. The molecule has 5 aliphatic carbocycles. The SMILES string of the molecule is COC(=O)[C@]12CC[C@@H](C)[C@H](C)[C@H]1C1=CC[C@@H]3[C@@]4(C)C[C@@H](O)C(=O)C(C)(C)C4CC[C@@]3(C)[C@]1(C)CC2. The maximum absolute atomic E-state index is 13.4. The minimum atomic E-state index is -0.857. The Hall–Kier alpha value is -1.16. The van der Waals surface area contributed by atoms with Crippen molar-refractivity contribution in [2.24, 2.45) is 56.7 Å². The number of allylic oxidation sites excluding steroid dienone is 2. The molecule has 0 amide bonds. The number of aliphatic hydroxyl groups excluding tert-OH is 1. The Labute approximate surface area is 212 Å². The minimum Gasteiger partial charge on any atom is -0.469 e. The number of aliphatic hydroxyl groups is 1. The van der Waals surface area contributed by atoms with Crippen LogP contribution >= 0.6 is 0 Å². The molecule has 1 N–H and O–H groups in total. The van der Waals surface area contributed by atoms with Crippen LogP contribution in [0, 0.1) is 56.7 Å². The van der Waals surface area contributed by atoms with E-state index in [1.54, 1.807) is 7.11 Å². The molecule has 5 aliphatic rings. The summed E-state index contributed by atoms with van der Waals surface area (Å²) in [5.41, 5.74) is 0.692. The molecule has 0 spiro atoms. The van der Waals surface area contributed by atoms with E-state index in [9.17, 15) is 14.7 Å². The zero-order chi connectivity index (χ0) is 25.8. The van der Waals surface area contributed by atoms with Crippen LogP contribution in [0.15, 0.2) is 11.6 Å². The number of esters is 1. The Bertz CT molecular complexity index is 965.